The summed E-state index contributed by atoms with van der Waals surface area (Å²) in [5, 5.41) is 13.8. The highest BCUT2D eigenvalue weighted by Crippen LogP contribution is 2.42. The van der Waals surface area contributed by atoms with Gasteiger partial charge in [-0.25, -0.2) is 4.39 Å². The van der Waals surface area contributed by atoms with Crippen LogP contribution in [0.4, 0.5) is 4.39 Å². The Morgan fingerprint density at radius 2 is 2.03 bits per heavy atom. The summed E-state index contributed by atoms with van der Waals surface area (Å²) >= 11 is 5.86. The lowest BCUT2D eigenvalue weighted by molar-refractivity contribution is 0.0721. The fourth-order valence-corrected chi connectivity index (χ4v) is 5.60. The van der Waals surface area contributed by atoms with E-state index in [0.717, 1.165) is 5.56 Å². The van der Waals surface area contributed by atoms with Gasteiger partial charge in [-0.1, -0.05) is 23.7 Å². The lowest BCUT2D eigenvalue weighted by Crippen LogP contribution is -2.48. The quantitative estimate of drug-likeness (QED) is 0.586. The van der Waals surface area contributed by atoms with Gasteiger partial charge in [-0.15, -0.1) is 0 Å². The second kappa shape index (κ2) is 7.14. The summed E-state index contributed by atoms with van der Waals surface area (Å²) in [6.07, 6.45) is 2.89. The molecule has 172 valence electrons. The van der Waals surface area contributed by atoms with Crippen molar-refractivity contribution in [3.05, 3.63) is 91.4 Å². The minimum Gasteiger partial charge on any atom is -0.502 e. The van der Waals surface area contributed by atoms with Crippen LogP contribution in [0, 0.1) is 5.82 Å². The summed E-state index contributed by atoms with van der Waals surface area (Å²) in [5.74, 6) is -2.30. The van der Waals surface area contributed by atoms with Gasteiger partial charge in [0.15, 0.2) is 11.4 Å². The number of aryl methyl sites for hydroxylation is 1. The predicted molar refractivity (Wildman–Crippen MR) is 119 cm³/mol. The molecule has 0 fully saturated rings. The van der Waals surface area contributed by atoms with Crippen LogP contribution in [0.1, 0.15) is 49.7 Å². The molecule has 2 amide bonds. The first-order valence-electron chi connectivity index (χ1n) is 10.8. The van der Waals surface area contributed by atoms with Crippen LogP contribution in [0.2, 0.25) is 5.02 Å². The van der Waals surface area contributed by atoms with Crippen molar-refractivity contribution in [1.29, 1.82) is 0 Å². The Labute approximate surface area is 197 Å². The van der Waals surface area contributed by atoms with Crippen molar-refractivity contribution in [3.8, 4) is 5.75 Å². The van der Waals surface area contributed by atoms with E-state index < -0.39 is 34.6 Å². The Bertz CT molecular complexity index is 1490. The molecule has 2 aromatic heterocycles. The van der Waals surface area contributed by atoms with Crippen molar-refractivity contribution in [1.82, 2.24) is 19.8 Å². The molecule has 6 rings (SSSR count). The number of rotatable bonds is 2. The van der Waals surface area contributed by atoms with E-state index >= 15 is 0 Å². The van der Waals surface area contributed by atoms with Crippen LogP contribution >= 0.6 is 11.6 Å². The lowest BCUT2D eigenvalue weighted by Gasteiger charge is -2.31. The Kier molecular flexibility index (Phi) is 4.38. The molecule has 34 heavy (non-hydrogen) atoms. The van der Waals surface area contributed by atoms with Crippen LogP contribution in [0.25, 0.3) is 0 Å². The van der Waals surface area contributed by atoms with Gasteiger partial charge in [0.25, 0.3) is 17.4 Å². The van der Waals surface area contributed by atoms with E-state index in [0.29, 0.717) is 29.7 Å². The molecule has 2 N–H and O–H groups in total. The number of nitrogens with one attached hydrogen (secondary N) is 1. The van der Waals surface area contributed by atoms with Gasteiger partial charge in [0, 0.05) is 24.8 Å². The van der Waals surface area contributed by atoms with Crippen LogP contribution in [0.15, 0.2) is 41.3 Å². The zero-order chi connectivity index (χ0) is 23.8. The SMILES string of the molecule is O=C1NC2(CCc3cccnc32)n2c1c1c(c(O)c2=O)C(=O)N(Cc2ccc(F)c(Cl)c2)CC1. The number of benzene rings is 1. The summed E-state index contributed by atoms with van der Waals surface area (Å²) in [7, 11) is 0. The van der Waals surface area contributed by atoms with Gasteiger partial charge in [0.05, 0.1) is 16.3 Å². The second-order valence-corrected chi connectivity index (χ2v) is 9.15. The highest BCUT2D eigenvalue weighted by atomic mass is 35.5. The normalized spacial score (nSPS) is 20.4. The third-order valence-corrected chi connectivity index (χ3v) is 7.19. The number of pyridine rings is 2. The molecular formula is C24H18ClFN4O4. The van der Waals surface area contributed by atoms with E-state index in [1.54, 1.807) is 12.3 Å². The molecule has 3 aliphatic rings. The Morgan fingerprint density at radius 1 is 1.21 bits per heavy atom. The van der Waals surface area contributed by atoms with E-state index in [1.165, 1.54) is 27.7 Å². The number of aromatic hydroxyl groups is 1. The zero-order valence-corrected chi connectivity index (χ0v) is 18.5. The number of nitrogens with zero attached hydrogens (tertiary/aromatic N) is 3. The first-order valence-corrected chi connectivity index (χ1v) is 11.2. The molecule has 1 spiro atoms. The smallest absolute Gasteiger partial charge is 0.296 e. The molecule has 1 aromatic carbocycles. The molecule has 1 unspecified atom stereocenters. The van der Waals surface area contributed by atoms with Crippen molar-refractivity contribution in [2.45, 2.75) is 31.5 Å². The molecule has 4 heterocycles. The molecule has 3 aromatic rings. The van der Waals surface area contributed by atoms with Crippen molar-refractivity contribution in [2.75, 3.05) is 6.54 Å². The summed E-state index contributed by atoms with van der Waals surface area (Å²) in [4.78, 5) is 45.8. The number of fused-ring (bicyclic) bond motifs is 6. The number of hydrogen-bond donors (Lipinski definition) is 2. The highest BCUT2D eigenvalue weighted by Gasteiger charge is 2.52. The molecule has 1 aliphatic carbocycles. The van der Waals surface area contributed by atoms with E-state index in [4.69, 9.17) is 11.6 Å². The van der Waals surface area contributed by atoms with Gasteiger partial charge >= 0.3 is 0 Å². The lowest BCUT2D eigenvalue weighted by atomic mass is 9.95. The third kappa shape index (κ3) is 2.70. The first kappa shape index (κ1) is 20.9. The fraction of sp³-hybridized carbons (Fsp3) is 0.250. The largest absolute Gasteiger partial charge is 0.502 e. The van der Waals surface area contributed by atoms with E-state index in [2.05, 4.69) is 10.3 Å². The van der Waals surface area contributed by atoms with Crippen molar-refractivity contribution in [3.63, 3.8) is 0 Å². The summed E-state index contributed by atoms with van der Waals surface area (Å²) in [5.41, 5.74) is 0.361. The van der Waals surface area contributed by atoms with Gasteiger partial charge in [0.2, 0.25) is 0 Å². The number of halogens is 2. The number of amides is 2. The summed E-state index contributed by atoms with van der Waals surface area (Å²) < 4.78 is 14.8. The molecule has 0 saturated heterocycles. The minimum absolute atomic E-state index is 0.0614. The Hall–Kier alpha value is -3.72. The van der Waals surface area contributed by atoms with E-state index in [-0.39, 0.29) is 35.8 Å². The fourth-order valence-electron chi connectivity index (χ4n) is 5.39. The van der Waals surface area contributed by atoms with Gasteiger partial charge in [-0.2, -0.15) is 0 Å². The maximum absolute atomic E-state index is 13.5. The molecule has 10 heteroatoms. The summed E-state index contributed by atoms with van der Waals surface area (Å²) in [6.45, 7) is 0.365. The van der Waals surface area contributed by atoms with Gasteiger partial charge < -0.3 is 15.3 Å². The van der Waals surface area contributed by atoms with Crippen molar-refractivity contribution < 1.29 is 19.1 Å². The van der Waals surface area contributed by atoms with Crippen LogP contribution in [-0.4, -0.2) is 37.9 Å². The number of aromatic nitrogens is 2. The van der Waals surface area contributed by atoms with Crippen molar-refractivity contribution in [2.24, 2.45) is 0 Å². The molecular weight excluding hydrogens is 463 g/mol. The number of carbonyl (C=O) groups excluding carboxylic acids is 2. The number of hydrogen-bond acceptors (Lipinski definition) is 5. The van der Waals surface area contributed by atoms with Crippen LogP contribution in [-0.2, 0) is 25.0 Å². The maximum atomic E-state index is 13.5. The van der Waals surface area contributed by atoms with Crippen LogP contribution in [0.3, 0.4) is 0 Å². The predicted octanol–water partition coefficient (Wildman–Crippen LogP) is 2.33. The highest BCUT2D eigenvalue weighted by molar-refractivity contribution is 6.30. The number of carbonyl (C=O) groups is 2. The average Bonchev–Trinajstić information content (AvgIpc) is 3.33. The van der Waals surface area contributed by atoms with Gasteiger partial charge in [0.1, 0.15) is 11.5 Å². The molecule has 0 saturated carbocycles. The molecule has 8 nitrogen and oxygen atoms in total. The van der Waals surface area contributed by atoms with Gasteiger partial charge in [-0.3, -0.25) is 23.9 Å². The molecule has 0 radical (unpaired) electrons. The third-order valence-electron chi connectivity index (χ3n) is 6.90. The monoisotopic (exact) mass is 480 g/mol. The van der Waals surface area contributed by atoms with Gasteiger partial charge in [-0.05, 0) is 48.6 Å². The van der Waals surface area contributed by atoms with E-state index in [1.807, 2.05) is 6.07 Å². The molecule has 1 atom stereocenters. The maximum Gasteiger partial charge on any atom is 0.296 e. The molecule has 0 bridgehead atoms. The Balaban J connectivity index is 1.46. The van der Waals surface area contributed by atoms with Crippen molar-refractivity contribution >= 4 is 23.4 Å². The molecule has 2 aliphatic heterocycles. The van der Waals surface area contributed by atoms with Crippen LogP contribution in [0.5, 0.6) is 5.75 Å². The topological polar surface area (TPSA) is 105 Å². The standard InChI is InChI=1S/C24H18ClFN4O4/c25-15-10-12(3-4-16(15)26)11-29-9-6-14-17(22(29)33)19(31)23(34)30-18(14)21(32)28-24(30)7-5-13-2-1-8-27-20(13)24/h1-4,8,10,31H,5-7,9,11H2,(H,28,32). The minimum atomic E-state index is -1.18. The second-order valence-electron chi connectivity index (χ2n) is 8.74. The Morgan fingerprint density at radius 3 is 2.82 bits per heavy atom. The average molecular weight is 481 g/mol. The zero-order valence-electron chi connectivity index (χ0n) is 17.8. The summed E-state index contributed by atoms with van der Waals surface area (Å²) in [6, 6.07) is 7.86. The first-order chi connectivity index (χ1) is 16.3. The van der Waals surface area contributed by atoms with Crippen LogP contribution < -0.4 is 10.9 Å². The van der Waals surface area contributed by atoms with E-state index in [9.17, 15) is 23.9 Å².